The number of rotatable bonds is 7. The lowest BCUT2D eigenvalue weighted by Gasteiger charge is -2.28. The van der Waals surface area contributed by atoms with Gasteiger partial charge in [-0.3, -0.25) is 9.97 Å². The third kappa shape index (κ3) is 5.17. The molecule has 0 aromatic carbocycles. The van der Waals surface area contributed by atoms with Crippen molar-refractivity contribution in [1.82, 2.24) is 29.9 Å². The second kappa shape index (κ2) is 9.25. The molecule has 0 amide bonds. The van der Waals surface area contributed by atoms with E-state index in [0.29, 0.717) is 11.4 Å². The smallest absolute Gasteiger partial charge is 0.281 e. The quantitative estimate of drug-likeness (QED) is 0.333. The molecule has 0 bridgehead atoms. The zero-order valence-electron chi connectivity index (χ0n) is 18.9. The minimum Gasteiger partial charge on any atom is -0.351 e. The Morgan fingerprint density at radius 1 is 1.00 bits per heavy atom. The van der Waals surface area contributed by atoms with Crippen molar-refractivity contribution in [3.05, 3.63) is 53.5 Å². The number of nitrogens with one attached hydrogen (secondary N) is 2. The van der Waals surface area contributed by atoms with Gasteiger partial charge < -0.3 is 15.5 Å². The van der Waals surface area contributed by atoms with Crippen molar-refractivity contribution in [3.63, 3.8) is 0 Å². The predicted molar refractivity (Wildman–Crippen MR) is 122 cm³/mol. The van der Waals surface area contributed by atoms with Gasteiger partial charge in [0, 0.05) is 43.6 Å². The first-order chi connectivity index (χ1) is 17.2. The van der Waals surface area contributed by atoms with Crippen molar-refractivity contribution in [2.45, 2.75) is 62.5 Å². The highest BCUT2D eigenvalue weighted by Crippen LogP contribution is 2.49. The second-order valence-electron chi connectivity index (χ2n) is 8.91. The van der Waals surface area contributed by atoms with Gasteiger partial charge >= 0.3 is 0 Å². The molecule has 9 nitrogen and oxygen atoms in total. The molecule has 3 aromatic rings. The van der Waals surface area contributed by atoms with Crippen LogP contribution in [-0.2, 0) is 5.54 Å². The number of alkyl halides is 4. The average molecular weight is 499 g/mol. The van der Waals surface area contributed by atoms with E-state index in [2.05, 4.69) is 45.4 Å². The highest BCUT2D eigenvalue weighted by atomic mass is 19.3. The van der Waals surface area contributed by atoms with E-state index in [1.54, 1.807) is 18.3 Å². The van der Waals surface area contributed by atoms with Crippen molar-refractivity contribution >= 4 is 17.6 Å². The Balaban J connectivity index is 1.46. The topological polar surface area (TPSA) is 106 Å². The van der Waals surface area contributed by atoms with E-state index < -0.39 is 23.6 Å². The van der Waals surface area contributed by atoms with Crippen LogP contribution in [0.5, 0.6) is 0 Å². The van der Waals surface area contributed by atoms with Crippen LogP contribution in [-0.4, -0.2) is 41.9 Å². The van der Waals surface area contributed by atoms with Crippen LogP contribution < -0.4 is 10.6 Å². The summed E-state index contributed by atoms with van der Waals surface area (Å²) < 4.78 is 53.5. The number of pyridine rings is 1. The molecule has 2 aliphatic rings. The van der Waals surface area contributed by atoms with Crippen molar-refractivity contribution in [3.8, 4) is 11.5 Å². The molecule has 186 valence electrons. The van der Waals surface area contributed by atoms with E-state index in [1.165, 1.54) is 6.20 Å². The fourth-order valence-corrected chi connectivity index (χ4v) is 4.01. The van der Waals surface area contributed by atoms with Crippen molar-refractivity contribution in [2.24, 2.45) is 0 Å². The number of nitrogens with zero attached hydrogens (tertiary/aromatic N) is 7. The summed E-state index contributed by atoms with van der Waals surface area (Å²) in [7, 11) is 0. The fraction of sp³-hybridized carbons (Fsp3) is 0.435. The Kier molecular flexibility index (Phi) is 6.11. The second-order valence-corrected chi connectivity index (χ2v) is 8.91. The van der Waals surface area contributed by atoms with Crippen LogP contribution in [0.4, 0.5) is 35.1 Å². The van der Waals surface area contributed by atoms with Crippen LogP contribution in [0.25, 0.3) is 16.4 Å². The predicted octanol–water partition coefficient (Wildman–Crippen LogP) is 5.30. The lowest BCUT2D eigenvalue weighted by molar-refractivity contribution is -0.0361. The highest BCUT2D eigenvalue weighted by molar-refractivity contribution is 5.59. The van der Waals surface area contributed by atoms with Crippen LogP contribution >= 0.6 is 0 Å². The van der Waals surface area contributed by atoms with Gasteiger partial charge in [0.2, 0.25) is 17.8 Å². The minimum atomic E-state index is -2.83. The average Bonchev–Trinajstić information content (AvgIpc) is 3.67. The summed E-state index contributed by atoms with van der Waals surface area (Å²) in [6, 6.07) is 3.13. The molecule has 2 N–H and O–H groups in total. The summed E-state index contributed by atoms with van der Waals surface area (Å²) in [5.74, 6) is -2.53. The first-order valence-corrected chi connectivity index (χ1v) is 11.4. The lowest BCUT2D eigenvalue weighted by atomic mass is 9.92. The summed E-state index contributed by atoms with van der Waals surface area (Å²) >= 11 is 0. The molecule has 2 aliphatic carbocycles. The summed E-state index contributed by atoms with van der Waals surface area (Å²) in [6.45, 7) is 7.45. The van der Waals surface area contributed by atoms with Gasteiger partial charge in [-0.05, 0) is 25.0 Å². The van der Waals surface area contributed by atoms with Gasteiger partial charge in [0.25, 0.3) is 12.0 Å². The van der Waals surface area contributed by atoms with Crippen LogP contribution in [0.15, 0.2) is 30.7 Å². The summed E-state index contributed by atoms with van der Waals surface area (Å²) in [4.78, 5) is 28.7. The van der Waals surface area contributed by atoms with Crippen molar-refractivity contribution < 1.29 is 17.6 Å². The number of halogens is 4. The maximum absolute atomic E-state index is 13.6. The Hall–Kier alpha value is -3.95. The first-order valence-electron chi connectivity index (χ1n) is 11.4. The number of hydrogen-bond donors (Lipinski definition) is 2. The molecule has 0 radical (unpaired) electrons. The Morgan fingerprint density at radius 2 is 1.75 bits per heavy atom. The third-order valence-corrected chi connectivity index (χ3v) is 6.22. The van der Waals surface area contributed by atoms with E-state index in [0.717, 1.165) is 19.0 Å². The Morgan fingerprint density at radius 3 is 2.44 bits per heavy atom. The zero-order valence-corrected chi connectivity index (χ0v) is 18.9. The van der Waals surface area contributed by atoms with Crippen LogP contribution in [0.1, 0.15) is 56.3 Å². The largest absolute Gasteiger partial charge is 0.351 e. The van der Waals surface area contributed by atoms with Gasteiger partial charge in [-0.1, -0.05) is 0 Å². The van der Waals surface area contributed by atoms with E-state index in [-0.39, 0.29) is 55.1 Å². The number of aromatic nitrogens is 6. The molecular formula is C23H21F4N9. The van der Waals surface area contributed by atoms with Gasteiger partial charge in [-0.25, -0.2) is 29.1 Å². The minimum absolute atomic E-state index is 0.0110. The van der Waals surface area contributed by atoms with E-state index in [4.69, 9.17) is 6.57 Å². The molecule has 2 fully saturated rings. The van der Waals surface area contributed by atoms with Gasteiger partial charge in [0.05, 0.1) is 12.4 Å². The molecule has 3 aromatic heterocycles. The number of anilines is 3. The molecule has 13 heteroatoms. The van der Waals surface area contributed by atoms with Gasteiger partial charge in [-0.2, -0.15) is 15.0 Å². The number of hydrogen-bond acceptors (Lipinski definition) is 8. The van der Waals surface area contributed by atoms with Crippen LogP contribution in [0.2, 0.25) is 0 Å². The molecule has 5 rings (SSSR count). The standard InChI is InChI=1S/C23H21F4N9/c1-28-22(7-8-22)17-10-14(4-9-30-17)32-21-35-19(16-12-29-11-15(33-16)18(24)25)34-20(36-21)31-13-2-5-23(26,27)6-3-13/h4,9-13,18H,2-3,5-8H2,(H2,30,31,32,34,35,36). The SMILES string of the molecule is [C-]#[N+]C1(c2cc(Nc3nc(NC4CCC(F)(F)CC4)nc(-c4cncc(C(F)F)n4)n3)ccn2)CC1. The van der Waals surface area contributed by atoms with E-state index in [1.807, 2.05) is 0 Å². The van der Waals surface area contributed by atoms with Crippen LogP contribution in [0.3, 0.4) is 0 Å². The molecular weight excluding hydrogens is 478 g/mol. The summed E-state index contributed by atoms with van der Waals surface area (Å²) in [6.07, 6.45) is 2.37. The monoisotopic (exact) mass is 499 g/mol. The highest BCUT2D eigenvalue weighted by Gasteiger charge is 2.54. The van der Waals surface area contributed by atoms with Gasteiger partial charge in [-0.15, -0.1) is 0 Å². The molecule has 2 saturated carbocycles. The molecule has 0 aliphatic heterocycles. The third-order valence-electron chi connectivity index (χ3n) is 6.22. The molecule has 0 saturated heterocycles. The zero-order chi connectivity index (χ0) is 25.3. The van der Waals surface area contributed by atoms with Crippen molar-refractivity contribution in [1.29, 1.82) is 0 Å². The maximum atomic E-state index is 13.6. The molecule has 36 heavy (non-hydrogen) atoms. The molecule has 3 heterocycles. The van der Waals surface area contributed by atoms with E-state index in [9.17, 15) is 17.6 Å². The van der Waals surface area contributed by atoms with Crippen LogP contribution in [0, 0.1) is 6.57 Å². The fourth-order valence-electron chi connectivity index (χ4n) is 4.01. The van der Waals surface area contributed by atoms with Gasteiger partial charge in [0.15, 0.2) is 5.82 Å². The summed E-state index contributed by atoms with van der Waals surface area (Å²) in [5.41, 5.74) is 0.0793. The Labute approximate surface area is 203 Å². The van der Waals surface area contributed by atoms with E-state index >= 15 is 0 Å². The lowest BCUT2D eigenvalue weighted by Crippen LogP contribution is -2.32. The first kappa shape index (κ1) is 23.8. The molecule has 0 unspecified atom stereocenters. The summed E-state index contributed by atoms with van der Waals surface area (Å²) in [5, 5.41) is 6.11. The maximum Gasteiger partial charge on any atom is 0.281 e. The van der Waals surface area contributed by atoms with Gasteiger partial charge in [0.1, 0.15) is 17.1 Å². The normalized spacial score (nSPS) is 18.4. The Bertz CT molecular complexity index is 1300. The van der Waals surface area contributed by atoms with Crippen molar-refractivity contribution in [2.75, 3.05) is 10.6 Å². The molecule has 0 atom stereocenters. The molecule has 0 spiro atoms.